The quantitative estimate of drug-likeness (QED) is 0.666. The summed E-state index contributed by atoms with van der Waals surface area (Å²) >= 11 is 0. The summed E-state index contributed by atoms with van der Waals surface area (Å²) < 4.78 is 27.2. The fourth-order valence-electron chi connectivity index (χ4n) is 4.07. The van der Waals surface area contributed by atoms with E-state index in [0.717, 1.165) is 0 Å². The lowest BCUT2D eigenvalue weighted by molar-refractivity contribution is -0.121. The van der Waals surface area contributed by atoms with Gasteiger partial charge in [0.25, 0.3) is 0 Å². The molecule has 2 aliphatic heterocycles. The third-order valence-corrected chi connectivity index (χ3v) is 7.67. The molecule has 3 heterocycles. The van der Waals surface area contributed by atoms with Gasteiger partial charge in [0.2, 0.25) is 16.0 Å². The van der Waals surface area contributed by atoms with Crippen LogP contribution >= 0.6 is 0 Å². The van der Waals surface area contributed by atoms with Crippen molar-refractivity contribution in [1.82, 2.24) is 19.2 Å². The molecule has 30 heavy (non-hydrogen) atoms. The Kier molecular flexibility index (Phi) is 6.03. The first-order valence-corrected chi connectivity index (χ1v) is 11.5. The average Bonchev–Trinajstić information content (AvgIpc) is 2.77. The Morgan fingerprint density at radius 3 is 2.33 bits per heavy atom. The number of aliphatic hydroxyl groups excluding tert-OH is 1. The van der Waals surface area contributed by atoms with Crippen LogP contribution in [0.3, 0.4) is 0 Å². The number of aliphatic hydroxyl groups is 2. The van der Waals surface area contributed by atoms with Gasteiger partial charge in [-0.15, -0.1) is 0 Å². The molecule has 10 heteroatoms. The Morgan fingerprint density at radius 2 is 1.67 bits per heavy atom. The van der Waals surface area contributed by atoms with E-state index < -0.39 is 21.7 Å². The minimum atomic E-state index is -3.72. The Hall–Kier alpha value is -2.11. The van der Waals surface area contributed by atoms with Crippen molar-refractivity contribution in [3.63, 3.8) is 0 Å². The van der Waals surface area contributed by atoms with E-state index in [1.54, 1.807) is 48.8 Å². The number of aromatic nitrogens is 2. The first-order valence-electron chi connectivity index (χ1n) is 10.1. The van der Waals surface area contributed by atoms with Crippen molar-refractivity contribution >= 4 is 16.0 Å². The highest BCUT2D eigenvalue weighted by atomic mass is 32.2. The molecule has 0 spiro atoms. The topological polar surface area (TPSA) is 110 Å². The minimum absolute atomic E-state index is 0.132. The minimum Gasteiger partial charge on any atom is -0.390 e. The first kappa shape index (κ1) is 21.1. The van der Waals surface area contributed by atoms with Crippen molar-refractivity contribution < 1.29 is 18.6 Å². The van der Waals surface area contributed by atoms with Crippen molar-refractivity contribution in [2.45, 2.75) is 23.0 Å². The van der Waals surface area contributed by atoms with Crippen LogP contribution in [-0.4, -0.2) is 95.3 Å². The second-order valence-corrected chi connectivity index (χ2v) is 9.81. The van der Waals surface area contributed by atoms with Gasteiger partial charge in [0.15, 0.2) is 0 Å². The van der Waals surface area contributed by atoms with E-state index in [-0.39, 0.29) is 31.0 Å². The lowest BCUT2D eigenvalue weighted by atomic mass is 9.90. The fourth-order valence-corrected chi connectivity index (χ4v) is 5.61. The molecule has 0 saturated carbocycles. The Morgan fingerprint density at radius 1 is 1.00 bits per heavy atom. The van der Waals surface area contributed by atoms with E-state index in [9.17, 15) is 18.6 Å². The number of piperidine rings is 1. The molecule has 2 fully saturated rings. The van der Waals surface area contributed by atoms with Crippen LogP contribution in [0.5, 0.6) is 0 Å². The zero-order valence-corrected chi connectivity index (χ0v) is 17.5. The molecule has 0 unspecified atom stereocenters. The summed E-state index contributed by atoms with van der Waals surface area (Å²) in [6.07, 6.45) is 2.63. The van der Waals surface area contributed by atoms with Crippen molar-refractivity contribution in [3.8, 4) is 0 Å². The summed E-state index contributed by atoms with van der Waals surface area (Å²) in [5.41, 5.74) is -1.52. The molecule has 2 aromatic rings. The van der Waals surface area contributed by atoms with Gasteiger partial charge in [0.1, 0.15) is 5.60 Å². The molecule has 0 bridgehead atoms. The average molecular weight is 434 g/mol. The summed E-state index contributed by atoms with van der Waals surface area (Å²) in [5, 5.41) is 21.7. The van der Waals surface area contributed by atoms with Crippen LogP contribution in [0.25, 0.3) is 0 Å². The Balaban J connectivity index is 1.42. The molecular weight excluding hydrogens is 406 g/mol. The van der Waals surface area contributed by atoms with Gasteiger partial charge in [-0.2, -0.15) is 4.31 Å². The van der Waals surface area contributed by atoms with Gasteiger partial charge in [0.05, 0.1) is 11.0 Å². The summed E-state index contributed by atoms with van der Waals surface area (Å²) in [6, 6.07) is 9.97. The SMILES string of the molecule is O=S(=O)(c1ccccc1)N1CC[C@@H](O)[C@](O)(CN2CCN(c3ncccn3)CC2)C1. The van der Waals surface area contributed by atoms with Gasteiger partial charge >= 0.3 is 0 Å². The third kappa shape index (κ3) is 4.33. The van der Waals surface area contributed by atoms with Gasteiger partial charge in [-0.05, 0) is 24.6 Å². The van der Waals surface area contributed by atoms with Crippen LogP contribution in [0.4, 0.5) is 5.95 Å². The van der Waals surface area contributed by atoms with E-state index in [2.05, 4.69) is 19.8 Å². The normalized spacial score (nSPS) is 26.6. The number of piperazine rings is 1. The van der Waals surface area contributed by atoms with Crippen molar-refractivity contribution in [3.05, 3.63) is 48.8 Å². The molecule has 1 aromatic carbocycles. The predicted octanol–water partition coefficient (Wildman–Crippen LogP) is -0.215. The van der Waals surface area contributed by atoms with Crippen LogP contribution in [0.2, 0.25) is 0 Å². The fraction of sp³-hybridized carbons (Fsp3) is 0.500. The van der Waals surface area contributed by atoms with Gasteiger partial charge in [-0.25, -0.2) is 18.4 Å². The standard InChI is InChI=1S/C20H27N5O4S/c26-18-7-10-25(30(28,29)17-5-2-1-3-6-17)16-20(18,27)15-23-11-13-24(14-12-23)19-21-8-4-9-22-19/h1-6,8-9,18,26-27H,7,10-16H2/t18-,20+/m1/s1. The van der Waals surface area contributed by atoms with E-state index >= 15 is 0 Å². The maximum atomic E-state index is 13.0. The Labute approximate surface area is 176 Å². The largest absolute Gasteiger partial charge is 0.390 e. The van der Waals surface area contributed by atoms with Gasteiger partial charge < -0.3 is 15.1 Å². The van der Waals surface area contributed by atoms with Crippen LogP contribution < -0.4 is 4.90 Å². The number of hydrogen-bond donors (Lipinski definition) is 2. The third-order valence-electron chi connectivity index (χ3n) is 5.81. The first-order chi connectivity index (χ1) is 14.4. The molecule has 162 valence electrons. The van der Waals surface area contributed by atoms with Crippen molar-refractivity contribution in [1.29, 1.82) is 0 Å². The molecule has 1 aromatic heterocycles. The summed E-state index contributed by atoms with van der Waals surface area (Å²) in [7, 11) is -3.72. The molecule has 9 nitrogen and oxygen atoms in total. The lowest BCUT2D eigenvalue weighted by Gasteiger charge is -2.45. The molecular formula is C20H27N5O4S. The molecule has 0 amide bonds. The monoisotopic (exact) mass is 433 g/mol. The van der Waals surface area contributed by atoms with E-state index in [0.29, 0.717) is 32.1 Å². The lowest BCUT2D eigenvalue weighted by Crippen LogP contribution is -2.64. The second-order valence-electron chi connectivity index (χ2n) is 7.87. The predicted molar refractivity (Wildman–Crippen MR) is 111 cm³/mol. The Bertz CT molecular complexity index is 938. The molecule has 0 aliphatic carbocycles. The second kappa shape index (κ2) is 8.56. The number of rotatable bonds is 5. The van der Waals surface area contributed by atoms with Crippen molar-refractivity contribution in [2.24, 2.45) is 0 Å². The van der Waals surface area contributed by atoms with Crippen molar-refractivity contribution in [2.75, 3.05) is 50.7 Å². The highest BCUT2D eigenvalue weighted by molar-refractivity contribution is 7.89. The molecule has 2 saturated heterocycles. The summed E-state index contributed by atoms with van der Waals surface area (Å²) in [4.78, 5) is 12.9. The molecule has 4 rings (SSSR count). The maximum absolute atomic E-state index is 13.0. The maximum Gasteiger partial charge on any atom is 0.243 e. The summed E-state index contributed by atoms with van der Waals surface area (Å²) in [6.45, 7) is 2.98. The number of sulfonamides is 1. The van der Waals surface area contributed by atoms with Gasteiger partial charge in [-0.3, -0.25) is 4.90 Å². The van der Waals surface area contributed by atoms with Gasteiger partial charge in [0, 0.05) is 58.2 Å². The van der Waals surface area contributed by atoms with Crippen LogP contribution in [-0.2, 0) is 10.0 Å². The highest BCUT2D eigenvalue weighted by Crippen LogP contribution is 2.28. The number of hydrogen-bond acceptors (Lipinski definition) is 8. The van der Waals surface area contributed by atoms with Crippen LogP contribution in [0.15, 0.2) is 53.7 Å². The zero-order valence-electron chi connectivity index (χ0n) is 16.7. The van der Waals surface area contributed by atoms with Gasteiger partial charge in [-0.1, -0.05) is 18.2 Å². The van der Waals surface area contributed by atoms with E-state index in [1.807, 2.05) is 0 Å². The molecule has 2 aliphatic rings. The number of β-amino-alcohol motifs (C(OH)–C–C–N with tert-alkyl or cyclic N) is 1. The molecule has 2 N–H and O–H groups in total. The van der Waals surface area contributed by atoms with E-state index in [4.69, 9.17) is 0 Å². The number of benzene rings is 1. The zero-order chi connectivity index (χ0) is 21.2. The molecule has 0 radical (unpaired) electrons. The smallest absolute Gasteiger partial charge is 0.243 e. The molecule has 2 atom stereocenters. The van der Waals surface area contributed by atoms with Crippen LogP contribution in [0, 0.1) is 0 Å². The highest BCUT2D eigenvalue weighted by Gasteiger charge is 2.46. The van der Waals surface area contributed by atoms with E-state index in [1.165, 1.54) is 4.31 Å². The summed E-state index contributed by atoms with van der Waals surface area (Å²) in [5.74, 6) is 0.675. The number of nitrogens with zero attached hydrogens (tertiary/aromatic N) is 5. The van der Waals surface area contributed by atoms with Crippen LogP contribution in [0.1, 0.15) is 6.42 Å². The number of anilines is 1.